The lowest BCUT2D eigenvalue weighted by Gasteiger charge is -2.06. The number of halogens is 1. The van der Waals surface area contributed by atoms with E-state index in [2.05, 4.69) is 32.6 Å². The molecule has 0 N–H and O–H groups in total. The average molecular weight is 190 g/mol. The Morgan fingerprint density at radius 2 is 1.86 bits per heavy atom. The van der Waals surface area contributed by atoms with Gasteiger partial charge in [-0.3, -0.25) is 0 Å². The minimum absolute atomic E-state index is 0.0116. The Kier molecular flexibility index (Phi) is 2.96. The number of hydrogen-bond donors (Lipinski definition) is 0. The molecule has 0 heterocycles. The molecule has 1 aromatic carbocycles. The van der Waals surface area contributed by atoms with E-state index < -0.39 is 0 Å². The van der Waals surface area contributed by atoms with Crippen molar-refractivity contribution in [3.63, 3.8) is 0 Å². The van der Waals surface area contributed by atoms with Gasteiger partial charge in [-0.15, -0.1) is 0 Å². The number of hydrogen-bond acceptors (Lipinski definition) is 0. The monoisotopic (exact) mass is 190 g/mol. The van der Waals surface area contributed by atoms with Crippen LogP contribution in [0.3, 0.4) is 0 Å². The van der Waals surface area contributed by atoms with Crippen LogP contribution in [0.25, 0.3) is 0 Å². The summed E-state index contributed by atoms with van der Waals surface area (Å²) in [6, 6.07) is 4.94. The lowest BCUT2D eigenvalue weighted by Crippen LogP contribution is -1.99. The number of rotatable bonds is 0. The van der Waals surface area contributed by atoms with Crippen molar-refractivity contribution in [2.24, 2.45) is 5.41 Å². The van der Waals surface area contributed by atoms with Gasteiger partial charge in [0.2, 0.25) is 0 Å². The summed E-state index contributed by atoms with van der Waals surface area (Å²) in [5, 5.41) is 0. The maximum Gasteiger partial charge on any atom is 0.126 e. The number of aryl methyl sites for hydroxylation is 1. The molecule has 0 nitrogen and oxygen atoms in total. The van der Waals surface area contributed by atoms with E-state index in [-0.39, 0.29) is 11.2 Å². The third-order valence-electron chi connectivity index (χ3n) is 1.74. The Morgan fingerprint density at radius 3 is 2.36 bits per heavy atom. The molecule has 0 saturated heterocycles. The number of benzene rings is 1. The molecule has 0 saturated carbocycles. The van der Waals surface area contributed by atoms with Crippen LogP contribution < -0.4 is 0 Å². The first kappa shape index (κ1) is 10.8. The minimum Gasteiger partial charge on any atom is -0.207 e. The third-order valence-corrected chi connectivity index (χ3v) is 1.74. The van der Waals surface area contributed by atoms with Crippen molar-refractivity contribution in [1.82, 2.24) is 0 Å². The molecule has 0 unspecified atom stereocenters. The Hall–Kier alpha value is -1.29. The molecule has 0 radical (unpaired) electrons. The normalized spacial score (nSPS) is 10.6. The van der Waals surface area contributed by atoms with Gasteiger partial charge in [0.05, 0.1) is 0 Å². The molecular formula is C13H15F. The Labute approximate surface area is 85.2 Å². The average Bonchev–Trinajstić information content (AvgIpc) is 2.06. The fourth-order valence-corrected chi connectivity index (χ4v) is 0.982. The van der Waals surface area contributed by atoms with E-state index >= 15 is 0 Å². The predicted octanol–water partition coefficient (Wildman–Crippen LogP) is 3.53. The second-order valence-electron chi connectivity index (χ2n) is 4.46. The highest BCUT2D eigenvalue weighted by atomic mass is 19.1. The van der Waals surface area contributed by atoms with Crippen molar-refractivity contribution in [2.45, 2.75) is 27.7 Å². The fraction of sp³-hybridized carbons (Fsp3) is 0.385. The molecule has 1 heteroatoms. The maximum atomic E-state index is 12.9. The molecular weight excluding hydrogens is 175 g/mol. The highest BCUT2D eigenvalue weighted by Gasteiger charge is 2.03. The van der Waals surface area contributed by atoms with Crippen LogP contribution in [0.15, 0.2) is 18.2 Å². The Bertz CT molecular complexity index is 386. The van der Waals surface area contributed by atoms with Crippen molar-refractivity contribution in [2.75, 3.05) is 0 Å². The largest absolute Gasteiger partial charge is 0.207 e. The standard InChI is InChI=1S/C13H15F/c1-10-9-11(5-6-12(10)14)7-8-13(2,3)4/h5-6,9H,1-4H3. The van der Waals surface area contributed by atoms with Crippen LogP contribution in [0.5, 0.6) is 0 Å². The summed E-state index contributed by atoms with van der Waals surface area (Å²) < 4.78 is 12.9. The van der Waals surface area contributed by atoms with Crippen LogP contribution in [-0.4, -0.2) is 0 Å². The van der Waals surface area contributed by atoms with Gasteiger partial charge >= 0.3 is 0 Å². The van der Waals surface area contributed by atoms with Crippen molar-refractivity contribution in [1.29, 1.82) is 0 Å². The first-order chi connectivity index (χ1) is 6.38. The minimum atomic E-state index is -0.175. The van der Waals surface area contributed by atoms with E-state index in [1.54, 1.807) is 19.1 Å². The molecule has 1 rings (SSSR count). The second-order valence-corrected chi connectivity index (χ2v) is 4.46. The molecule has 0 aliphatic carbocycles. The van der Waals surface area contributed by atoms with Crippen LogP contribution in [0, 0.1) is 30.0 Å². The molecule has 0 fully saturated rings. The third kappa shape index (κ3) is 3.22. The van der Waals surface area contributed by atoms with Gasteiger partial charge in [-0.25, -0.2) is 4.39 Å². The molecule has 1 aromatic rings. The topological polar surface area (TPSA) is 0 Å². The summed E-state index contributed by atoms with van der Waals surface area (Å²) in [5.74, 6) is 5.97. The first-order valence-corrected chi connectivity index (χ1v) is 4.68. The quantitative estimate of drug-likeness (QED) is 0.549. The van der Waals surface area contributed by atoms with Gasteiger partial charge in [-0.2, -0.15) is 0 Å². The zero-order chi connectivity index (χ0) is 10.8. The van der Waals surface area contributed by atoms with Crippen LogP contribution in [0.1, 0.15) is 31.9 Å². The van der Waals surface area contributed by atoms with Crippen LogP contribution in [0.4, 0.5) is 4.39 Å². The van der Waals surface area contributed by atoms with Gasteiger partial charge in [0.1, 0.15) is 5.82 Å². The van der Waals surface area contributed by atoms with E-state index in [1.807, 2.05) is 0 Å². The summed E-state index contributed by atoms with van der Waals surface area (Å²) in [5.41, 5.74) is 1.51. The van der Waals surface area contributed by atoms with Gasteiger partial charge in [-0.1, -0.05) is 11.8 Å². The molecule has 74 valence electrons. The SMILES string of the molecule is Cc1cc(C#CC(C)(C)C)ccc1F. The molecule has 0 bridgehead atoms. The van der Waals surface area contributed by atoms with Gasteiger partial charge in [0.25, 0.3) is 0 Å². The van der Waals surface area contributed by atoms with Gasteiger partial charge in [0, 0.05) is 11.0 Å². The first-order valence-electron chi connectivity index (χ1n) is 4.68. The molecule has 0 atom stereocenters. The zero-order valence-corrected chi connectivity index (χ0v) is 9.11. The highest BCUT2D eigenvalue weighted by Crippen LogP contribution is 2.12. The van der Waals surface area contributed by atoms with E-state index in [0.717, 1.165) is 5.56 Å². The summed E-state index contributed by atoms with van der Waals surface area (Å²) >= 11 is 0. The summed E-state index contributed by atoms with van der Waals surface area (Å²) in [7, 11) is 0. The molecule has 0 spiro atoms. The highest BCUT2D eigenvalue weighted by molar-refractivity contribution is 5.38. The van der Waals surface area contributed by atoms with E-state index in [0.29, 0.717) is 5.56 Å². The van der Waals surface area contributed by atoms with Crippen LogP contribution in [0.2, 0.25) is 0 Å². The van der Waals surface area contributed by atoms with Crippen LogP contribution in [-0.2, 0) is 0 Å². The Morgan fingerprint density at radius 1 is 1.21 bits per heavy atom. The van der Waals surface area contributed by atoms with E-state index in [4.69, 9.17) is 0 Å². The van der Waals surface area contributed by atoms with Crippen molar-refractivity contribution in [3.8, 4) is 11.8 Å². The van der Waals surface area contributed by atoms with Crippen LogP contribution >= 0.6 is 0 Å². The molecule has 0 aromatic heterocycles. The van der Waals surface area contributed by atoms with E-state index in [9.17, 15) is 4.39 Å². The molecule has 14 heavy (non-hydrogen) atoms. The predicted molar refractivity (Wildman–Crippen MR) is 57.5 cm³/mol. The maximum absolute atomic E-state index is 12.9. The molecule has 0 aliphatic heterocycles. The van der Waals surface area contributed by atoms with Crippen molar-refractivity contribution >= 4 is 0 Å². The van der Waals surface area contributed by atoms with Gasteiger partial charge < -0.3 is 0 Å². The van der Waals surface area contributed by atoms with Gasteiger partial charge in [-0.05, 0) is 51.5 Å². The summed E-state index contributed by atoms with van der Waals surface area (Å²) in [4.78, 5) is 0. The Balaban J connectivity index is 2.98. The molecule has 0 amide bonds. The van der Waals surface area contributed by atoms with Gasteiger partial charge in [0.15, 0.2) is 0 Å². The lowest BCUT2D eigenvalue weighted by atomic mass is 9.97. The second kappa shape index (κ2) is 3.84. The van der Waals surface area contributed by atoms with E-state index in [1.165, 1.54) is 6.07 Å². The fourth-order valence-electron chi connectivity index (χ4n) is 0.982. The smallest absolute Gasteiger partial charge is 0.126 e. The lowest BCUT2D eigenvalue weighted by molar-refractivity contribution is 0.571. The zero-order valence-electron chi connectivity index (χ0n) is 9.11. The summed E-state index contributed by atoms with van der Waals surface area (Å²) in [6.07, 6.45) is 0. The summed E-state index contributed by atoms with van der Waals surface area (Å²) in [6.45, 7) is 7.90. The molecule has 0 aliphatic rings. The van der Waals surface area contributed by atoms with Crippen molar-refractivity contribution in [3.05, 3.63) is 35.1 Å². The van der Waals surface area contributed by atoms with Crippen molar-refractivity contribution < 1.29 is 4.39 Å².